The van der Waals surface area contributed by atoms with Crippen molar-refractivity contribution in [2.24, 2.45) is 0 Å². The third-order valence-electron chi connectivity index (χ3n) is 6.15. The summed E-state index contributed by atoms with van der Waals surface area (Å²) in [6.07, 6.45) is 3.84. The van der Waals surface area contributed by atoms with Gasteiger partial charge in [-0.3, -0.25) is 0 Å². The molecule has 1 aliphatic heterocycles. The molecule has 1 atom stereocenters. The van der Waals surface area contributed by atoms with Gasteiger partial charge in [-0.1, -0.05) is 24.3 Å². The number of rotatable bonds is 6. The third-order valence-corrected chi connectivity index (χ3v) is 8.32. The van der Waals surface area contributed by atoms with Crippen molar-refractivity contribution >= 4 is 15.7 Å². The number of anilines is 1. The van der Waals surface area contributed by atoms with E-state index in [0.717, 1.165) is 18.5 Å². The molecule has 0 amide bonds. The van der Waals surface area contributed by atoms with Crippen molar-refractivity contribution in [2.75, 3.05) is 12.3 Å². The summed E-state index contributed by atoms with van der Waals surface area (Å²) >= 11 is 0. The summed E-state index contributed by atoms with van der Waals surface area (Å²) in [6.45, 7) is 4.35. The van der Waals surface area contributed by atoms with Gasteiger partial charge >= 0.3 is 0 Å². The van der Waals surface area contributed by atoms with Gasteiger partial charge < -0.3 is 15.5 Å². The van der Waals surface area contributed by atoms with Gasteiger partial charge in [0.05, 0.1) is 22.0 Å². The van der Waals surface area contributed by atoms with Crippen molar-refractivity contribution < 1.29 is 12.8 Å². The van der Waals surface area contributed by atoms with Crippen LogP contribution < -0.4 is 11.1 Å². The van der Waals surface area contributed by atoms with Crippen LogP contribution in [0.5, 0.6) is 0 Å². The highest BCUT2D eigenvalue weighted by Gasteiger charge is 2.21. The lowest BCUT2D eigenvalue weighted by atomic mass is 10.0. The molecule has 0 aliphatic carbocycles. The molecule has 0 spiro atoms. The van der Waals surface area contributed by atoms with Gasteiger partial charge in [0.25, 0.3) is 5.89 Å². The lowest BCUT2D eigenvalue weighted by Crippen LogP contribution is -2.13. The average Bonchev–Trinajstić information content (AvgIpc) is 3.57. The summed E-state index contributed by atoms with van der Waals surface area (Å²) in [5, 5.41) is 11.3. The maximum atomic E-state index is 12.4. The summed E-state index contributed by atoms with van der Waals surface area (Å²) in [5.41, 5.74) is 9.57. The Kier molecular flexibility index (Phi) is 6.08. The molecule has 10 heteroatoms. The number of nitrogens with zero attached hydrogens (tertiary/aromatic N) is 4. The highest BCUT2D eigenvalue weighted by molar-refractivity contribution is 7.92. The maximum Gasteiger partial charge on any atom is 0.270 e. The number of hydrogen-bond donors (Lipinski definition) is 2. The molecule has 1 fully saturated rings. The Hall–Kier alpha value is -3.63. The van der Waals surface area contributed by atoms with Gasteiger partial charge in [-0.15, -0.1) is 10.2 Å². The Morgan fingerprint density at radius 1 is 1.00 bits per heavy atom. The van der Waals surface area contributed by atoms with Crippen LogP contribution in [-0.2, 0) is 9.84 Å². The molecule has 3 N–H and O–H groups in total. The second kappa shape index (κ2) is 9.20. The minimum atomic E-state index is -3.36. The molecular formula is C25H26N6O3S. The van der Waals surface area contributed by atoms with Crippen molar-refractivity contribution in [1.82, 2.24) is 25.5 Å². The Morgan fingerprint density at radius 2 is 1.69 bits per heavy atom. The second-order valence-electron chi connectivity index (χ2n) is 8.79. The van der Waals surface area contributed by atoms with E-state index < -0.39 is 15.1 Å². The van der Waals surface area contributed by atoms with Gasteiger partial charge in [-0.2, -0.15) is 0 Å². The van der Waals surface area contributed by atoms with Crippen LogP contribution in [0, 0.1) is 0 Å². The number of nitrogen functional groups attached to an aromatic ring is 1. The molecule has 3 heterocycles. The van der Waals surface area contributed by atoms with E-state index in [-0.39, 0.29) is 22.3 Å². The maximum absolute atomic E-state index is 12.4. The Morgan fingerprint density at radius 3 is 2.34 bits per heavy atom. The van der Waals surface area contributed by atoms with Gasteiger partial charge in [-0.05, 0) is 63.1 Å². The van der Waals surface area contributed by atoms with Crippen LogP contribution >= 0.6 is 0 Å². The second-order valence-corrected chi connectivity index (χ2v) is 11.3. The first-order chi connectivity index (χ1) is 16.8. The van der Waals surface area contributed by atoms with E-state index in [1.165, 1.54) is 18.2 Å². The van der Waals surface area contributed by atoms with E-state index in [4.69, 9.17) is 10.2 Å². The van der Waals surface area contributed by atoms with Crippen molar-refractivity contribution in [3.8, 4) is 34.3 Å². The van der Waals surface area contributed by atoms with Crippen molar-refractivity contribution in [1.29, 1.82) is 0 Å². The zero-order valence-corrected chi connectivity index (χ0v) is 20.3. The monoisotopic (exact) mass is 490 g/mol. The Balaban J connectivity index is 1.41. The summed E-state index contributed by atoms with van der Waals surface area (Å²) in [6, 6.07) is 15.0. The summed E-state index contributed by atoms with van der Waals surface area (Å²) in [5.74, 6) is 0.679. The molecule has 1 aliphatic rings. The molecule has 1 saturated heterocycles. The fraction of sp³-hybridized carbons (Fsp3) is 0.280. The smallest absolute Gasteiger partial charge is 0.270 e. The molecule has 0 radical (unpaired) electrons. The fourth-order valence-electron chi connectivity index (χ4n) is 4.05. The molecule has 0 bridgehead atoms. The van der Waals surface area contributed by atoms with Crippen LogP contribution in [0.1, 0.15) is 38.3 Å². The molecule has 2 aromatic heterocycles. The molecule has 9 nitrogen and oxygen atoms in total. The molecule has 180 valence electrons. The van der Waals surface area contributed by atoms with Crippen molar-refractivity contribution in [2.45, 2.75) is 42.9 Å². The highest BCUT2D eigenvalue weighted by Crippen LogP contribution is 2.30. The Labute approximate surface area is 203 Å². The number of benzene rings is 2. The summed E-state index contributed by atoms with van der Waals surface area (Å²) in [4.78, 5) is 9.06. The summed E-state index contributed by atoms with van der Waals surface area (Å²) in [7, 11) is -3.36. The molecular weight excluding hydrogens is 464 g/mol. The average molecular weight is 491 g/mol. The van der Waals surface area contributed by atoms with Gasteiger partial charge in [0.2, 0.25) is 5.89 Å². The zero-order chi connectivity index (χ0) is 24.6. The van der Waals surface area contributed by atoms with Crippen LogP contribution in [-0.4, -0.2) is 40.4 Å². The third kappa shape index (κ3) is 4.54. The first-order valence-electron chi connectivity index (χ1n) is 11.5. The van der Waals surface area contributed by atoms with E-state index in [1.807, 2.05) is 12.1 Å². The van der Waals surface area contributed by atoms with E-state index >= 15 is 0 Å². The standard InChI is InChI=1S/C25H26N6O3S/c1-15(2)35(32,33)19-11-9-17(10-12-19)21-14-28-23(26)22(29-21)25-31-30-24(34-25)18-7-5-16(6-8-18)20-4-3-13-27-20/h5-12,14-15,20,27H,3-4,13H2,1-2H3,(H2,26,28). The summed E-state index contributed by atoms with van der Waals surface area (Å²) < 4.78 is 30.7. The topological polar surface area (TPSA) is 137 Å². The molecule has 5 rings (SSSR count). The lowest BCUT2D eigenvalue weighted by Gasteiger charge is -2.10. The number of nitrogens with one attached hydrogen (secondary N) is 1. The predicted octanol–water partition coefficient (Wildman–Crippen LogP) is 4.05. The first-order valence-corrected chi connectivity index (χ1v) is 13.0. The molecule has 4 aromatic rings. The SMILES string of the molecule is CC(C)S(=O)(=O)c1ccc(-c2cnc(N)c(-c3nnc(-c4ccc(C5CCCN5)cc4)o3)n2)cc1. The van der Waals surface area contributed by atoms with Crippen molar-refractivity contribution in [3.05, 3.63) is 60.3 Å². The van der Waals surface area contributed by atoms with Gasteiger partial charge in [0.15, 0.2) is 21.3 Å². The van der Waals surface area contributed by atoms with Gasteiger partial charge in [-0.25, -0.2) is 18.4 Å². The highest BCUT2D eigenvalue weighted by atomic mass is 32.2. The lowest BCUT2D eigenvalue weighted by molar-refractivity contribution is 0.582. The Bertz CT molecular complexity index is 1440. The van der Waals surface area contributed by atoms with Gasteiger partial charge in [0, 0.05) is 17.2 Å². The quantitative estimate of drug-likeness (QED) is 0.410. The van der Waals surface area contributed by atoms with Crippen LogP contribution in [0.25, 0.3) is 34.3 Å². The van der Waals surface area contributed by atoms with E-state index in [9.17, 15) is 8.42 Å². The van der Waals surface area contributed by atoms with Crippen LogP contribution in [0.3, 0.4) is 0 Å². The predicted molar refractivity (Wildman–Crippen MR) is 133 cm³/mol. The largest absolute Gasteiger partial charge is 0.414 e. The van der Waals surface area contributed by atoms with Crippen molar-refractivity contribution in [3.63, 3.8) is 0 Å². The molecule has 0 saturated carbocycles. The zero-order valence-electron chi connectivity index (χ0n) is 19.5. The first kappa shape index (κ1) is 23.1. The molecule has 35 heavy (non-hydrogen) atoms. The fourth-order valence-corrected chi connectivity index (χ4v) is 5.10. The van der Waals surface area contributed by atoms with E-state index in [2.05, 4.69) is 37.6 Å². The van der Waals surface area contributed by atoms with Crippen LogP contribution in [0.15, 0.2) is 64.0 Å². The minimum absolute atomic E-state index is 0.158. The normalized spacial score (nSPS) is 16.1. The number of aromatic nitrogens is 4. The minimum Gasteiger partial charge on any atom is -0.414 e. The van der Waals surface area contributed by atoms with Crippen LogP contribution in [0.4, 0.5) is 5.82 Å². The van der Waals surface area contributed by atoms with E-state index in [0.29, 0.717) is 23.2 Å². The molecule has 1 unspecified atom stereocenters. The van der Waals surface area contributed by atoms with Gasteiger partial charge in [0.1, 0.15) is 0 Å². The number of hydrogen-bond acceptors (Lipinski definition) is 9. The number of sulfone groups is 1. The number of nitrogens with two attached hydrogens (primary N) is 1. The van der Waals surface area contributed by atoms with E-state index in [1.54, 1.807) is 38.1 Å². The molecule has 2 aromatic carbocycles. The van der Waals surface area contributed by atoms with Crippen LogP contribution in [0.2, 0.25) is 0 Å².